The third-order valence-electron chi connectivity index (χ3n) is 5.65. The molecule has 3 aromatic rings. The van der Waals surface area contributed by atoms with E-state index in [2.05, 4.69) is 10.3 Å². The number of carbonyl (C=O) groups is 2. The number of amides is 2. The Morgan fingerprint density at radius 1 is 1.03 bits per heavy atom. The fourth-order valence-corrected chi connectivity index (χ4v) is 4.88. The average molecular weight is 473 g/mol. The Kier molecular flexibility index (Phi) is 5.98. The minimum absolute atomic E-state index is 0.184. The lowest BCUT2D eigenvalue weighted by Crippen LogP contribution is -2.40. The highest BCUT2D eigenvalue weighted by Gasteiger charge is 2.43. The van der Waals surface area contributed by atoms with Crippen LogP contribution in [0.1, 0.15) is 29.7 Å². The zero-order valence-electron chi connectivity index (χ0n) is 18.3. The van der Waals surface area contributed by atoms with E-state index in [4.69, 9.17) is 4.99 Å². The molecular formula is C26H21FN4O2S. The molecule has 0 fully saturated rings. The van der Waals surface area contributed by atoms with Crippen LogP contribution in [0, 0.1) is 5.82 Å². The first kappa shape index (κ1) is 22.0. The van der Waals surface area contributed by atoms with Gasteiger partial charge in [-0.2, -0.15) is 4.99 Å². The third-order valence-corrected chi connectivity index (χ3v) is 6.72. The number of aliphatic imine (C=N–C) groups is 2. The van der Waals surface area contributed by atoms with E-state index < -0.39 is 11.3 Å². The van der Waals surface area contributed by atoms with Gasteiger partial charge < -0.3 is 5.32 Å². The van der Waals surface area contributed by atoms with Crippen LogP contribution in [-0.4, -0.2) is 33.0 Å². The Bertz CT molecular complexity index is 1310. The zero-order chi connectivity index (χ0) is 23.7. The molecule has 0 bridgehead atoms. The van der Waals surface area contributed by atoms with E-state index in [1.165, 1.54) is 23.9 Å². The van der Waals surface area contributed by atoms with Gasteiger partial charge in [-0.15, -0.1) is 0 Å². The molecule has 170 valence electrons. The quantitative estimate of drug-likeness (QED) is 0.589. The molecule has 3 aromatic carbocycles. The number of thioether (sulfide) groups is 1. The molecule has 2 amide bonds. The number of nitrogens with one attached hydrogen (secondary N) is 1. The van der Waals surface area contributed by atoms with Gasteiger partial charge in [-0.05, 0) is 42.3 Å². The number of amidine groups is 2. The minimum Gasteiger partial charge on any atom is -0.351 e. The van der Waals surface area contributed by atoms with Gasteiger partial charge in [0.1, 0.15) is 17.7 Å². The number of para-hydroxylation sites is 1. The van der Waals surface area contributed by atoms with Crippen LogP contribution in [0.2, 0.25) is 0 Å². The van der Waals surface area contributed by atoms with E-state index in [1.54, 1.807) is 19.1 Å². The zero-order valence-corrected chi connectivity index (χ0v) is 19.1. The molecule has 0 aliphatic carbocycles. The van der Waals surface area contributed by atoms with E-state index >= 15 is 0 Å². The molecule has 0 saturated carbocycles. The van der Waals surface area contributed by atoms with Crippen molar-refractivity contribution in [3.8, 4) is 0 Å². The van der Waals surface area contributed by atoms with Crippen molar-refractivity contribution in [1.29, 1.82) is 0 Å². The standard InChI is InChI=1S/C26H21FN4O2S/c1-16(24(32)28-15-17-11-13-19(27)14-12-17)34-26-29-21-10-6-5-9-20(21)23-30-25(33)22(31(23)26)18-7-3-2-4-8-18/h2-14,16,22H,15H2,1H3,(H,28,32). The van der Waals surface area contributed by atoms with Crippen LogP contribution < -0.4 is 5.32 Å². The van der Waals surface area contributed by atoms with Crippen LogP contribution in [0.15, 0.2) is 88.8 Å². The van der Waals surface area contributed by atoms with E-state index in [0.717, 1.165) is 16.7 Å². The Hall–Kier alpha value is -3.78. The lowest BCUT2D eigenvalue weighted by atomic mass is 10.0. The van der Waals surface area contributed by atoms with E-state index in [9.17, 15) is 14.0 Å². The highest BCUT2D eigenvalue weighted by Crippen LogP contribution is 2.40. The maximum absolute atomic E-state index is 13.1. The number of rotatable bonds is 5. The second-order valence-electron chi connectivity index (χ2n) is 7.97. The first-order chi connectivity index (χ1) is 16.5. The summed E-state index contributed by atoms with van der Waals surface area (Å²) in [6.07, 6.45) is 0. The van der Waals surface area contributed by atoms with Crippen LogP contribution in [0.5, 0.6) is 0 Å². The Labute approximate surface area is 200 Å². The van der Waals surface area contributed by atoms with Crippen molar-refractivity contribution in [2.75, 3.05) is 0 Å². The SMILES string of the molecule is CC(SC1=Nc2ccccc2C2=NC(=O)C(c3ccccc3)N12)C(=O)NCc1ccc(F)cc1. The summed E-state index contributed by atoms with van der Waals surface area (Å²) in [4.78, 5) is 36.8. The second-order valence-corrected chi connectivity index (χ2v) is 9.28. The molecule has 34 heavy (non-hydrogen) atoms. The van der Waals surface area contributed by atoms with Gasteiger partial charge in [0.25, 0.3) is 5.91 Å². The Morgan fingerprint density at radius 2 is 1.74 bits per heavy atom. The number of nitrogens with zero attached hydrogens (tertiary/aromatic N) is 3. The summed E-state index contributed by atoms with van der Waals surface area (Å²) in [5, 5.41) is 2.94. The van der Waals surface area contributed by atoms with Gasteiger partial charge in [0, 0.05) is 12.1 Å². The van der Waals surface area contributed by atoms with Gasteiger partial charge in [0.15, 0.2) is 5.17 Å². The van der Waals surface area contributed by atoms with Crippen molar-refractivity contribution < 1.29 is 14.0 Å². The van der Waals surface area contributed by atoms with Crippen LogP contribution in [-0.2, 0) is 16.1 Å². The fraction of sp³-hybridized carbons (Fsp3) is 0.154. The number of hydrogen-bond acceptors (Lipinski definition) is 5. The first-order valence-electron chi connectivity index (χ1n) is 10.8. The Balaban J connectivity index is 1.40. The lowest BCUT2D eigenvalue weighted by molar-refractivity contribution is -0.120. The Morgan fingerprint density at radius 3 is 2.50 bits per heavy atom. The highest BCUT2D eigenvalue weighted by atomic mass is 32.2. The number of benzene rings is 3. The molecule has 2 unspecified atom stereocenters. The topological polar surface area (TPSA) is 74.1 Å². The number of hydrogen-bond donors (Lipinski definition) is 1. The molecule has 0 spiro atoms. The largest absolute Gasteiger partial charge is 0.351 e. The predicted octanol–water partition coefficient (Wildman–Crippen LogP) is 4.60. The van der Waals surface area contributed by atoms with Crippen molar-refractivity contribution in [2.45, 2.75) is 24.8 Å². The summed E-state index contributed by atoms with van der Waals surface area (Å²) in [6, 6.07) is 22.3. The minimum atomic E-state index is -0.634. The number of carbonyl (C=O) groups excluding carboxylic acids is 2. The highest BCUT2D eigenvalue weighted by molar-refractivity contribution is 8.14. The summed E-state index contributed by atoms with van der Waals surface area (Å²) < 4.78 is 13.1. The average Bonchev–Trinajstić information content (AvgIpc) is 3.21. The van der Waals surface area contributed by atoms with E-state index in [-0.39, 0.29) is 17.6 Å². The van der Waals surface area contributed by atoms with Crippen molar-refractivity contribution in [1.82, 2.24) is 10.2 Å². The van der Waals surface area contributed by atoms with E-state index in [0.29, 0.717) is 23.2 Å². The molecule has 5 rings (SSSR count). The predicted molar refractivity (Wildman–Crippen MR) is 131 cm³/mol. The maximum atomic E-state index is 13.1. The van der Waals surface area contributed by atoms with Gasteiger partial charge in [-0.25, -0.2) is 9.38 Å². The van der Waals surface area contributed by atoms with Crippen molar-refractivity contribution in [3.63, 3.8) is 0 Å². The van der Waals surface area contributed by atoms with Gasteiger partial charge in [-0.1, -0.05) is 66.4 Å². The number of halogens is 1. The van der Waals surface area contributed by atoms with Crippen LogP contribution >= 0.6 is 11.8 Å². The molecule has 1 N–H and O–H groups in total. The molecule has 2 atom stereocenters. The molecule has 0 radical (unpaired) electrons. The molecule has 2 heterocycles. The monoisotopic (exact) mass is 472 g/mol. The van der Waals surface area contributed by atoms with Crippen molar-refractivity contribution in [3.05, 3.63) is 101 Å². The summed E-state index contributed by atoms with van der Waals surface area (Å²) in [5.74, 6) is -0.221. The van der Waals surface area contributed by atoms with Crippen LogP contribution in [0.3, 0.4) is 0 Å². The van der Waals surface area contributed by atoms with Crippen molar-refractivity contribution in [2.24, 2.45) is 9.98 Å². The lowest BCUT2D eigenvalue weighted by Gasteiger charge is -2.32. The maximum Gasteiger partial charge on any atom is 0.275 e. The van der Waals surface area contributed by atoms with Crippen LogP contribution in [0.25, 0.3) is 0 Å². The van der Waals surface area contributed by atoms with Crippen LogP contribution in [0.4, 0.5) is 10.1 Å². The smallest absolute Gasteiger partial charge is 0.275 e. The summed E-state index contributed by atoms with van der Waals surface area (Å²) >= 11 is 1.28. The molecular weight excluding hydrogens is 451 g/mol. The van der Waals surface area contributed by atoms with Gasteiger partial charge >= 0.3 is 0 Å². The molecule has 6 nitrogen and oxygen atoms in total. The molecule has 2 aliphatic heterocycles. The second kappa shape index (κ2) is 9.23. The first-order valence-corrected chi connectivity index (χ1v) is 11.7. The fourth-order valence-electron chi connectivity index (χ4n) is 3.92. The molecule has 2 aliphatic rings. The summed E-state index contributed by atoms with van der Waals surface area (Å²) in [5.41, 5.74) is 3.11. The summed E-state index contributed by atoms with van der Waals surface area (Å²) in [6.45, 7) is 2.08. The van der Waals surface area contributed by atoms with Gasteiger partial charge in [-0.3, -0.25) is 14.5 Å². The molecule has 0 saturated heterocycles. The third kappa shape index (κ3) is 4.24. The molecule has 8 heteroatoms. The summed E-state index contributed by atoms with van der Waals surface area (Å²) in [7, 11) is 0. The number of fused-ring (bicyclic) bond motifs is 3. The normalized spacial score (nSPS) is 17.4. The van der Waals surface area contributed by atoms with Crippen molar-refractivity contribution >= 4 is 40.3 Å². The molecule has 0 aromatic heterocycles. The van der Waals surface area contributed by atoms with Gasteiger partial charge in [0.05, 0.1) is 10.9 Å². The van der Waals surface area contributed by atoms with Gasteiger partial charge in [0.2, 0.25) is 5.91 Å². The van der Waals surface area contributed by atoms with E-state index in [1.807, 2.05) is 59.5 Å².